The summed E-state index contributed by atoms with van der Waals surface area (Å²) in [6.45, 7) is 1.26. The van der Waals surface area contributed by atoms with Gasteiger partial charge in [-0.2, -0.15) is 0 Å². The van der Waals surface area contributed by atoms with Crippen LogP contribution in [0, 0.1) is 0 Å². The molecule has 0 radical (unpaired) electrons. The van der Waals surface area contributed by atoms with E-state index in [9.17, 15) is 0 Å². The van der Waals surface area contributed by atoms with E-state index in [-0.39, 0.29) is 0 Å². The van der Waals surface area contributed by atoms with Crippen molar-refractivity contribution in [3.63, 3.8) is 0 Å². The molecular formula is C15H15BrClNO2. The molecular weight excluding hydrogens is 342 g/mol. The normalized spacial score (nSPS) is 10.2. The van der Waals surface area contributed by atoms with Crippen molar-refractivity contribution in [1.82, 2.24) is 0 Å². The highest BCUT2D eigenvalue weighted by molar-refractivity contribution is 9.10. The Morgan fingerprint density at radius 3 is 2.75 bits per heavy atom. The third-order valence-corrected chi connectivity index (χ3v) is 3.44. The van der Waals surface area contributed by atoms with Crippen LogP contribution in [0.1, 0.15) is 0 Å². The second-order valence-corrected chi connectivity index (χ2v) is 5.40. The van der Waals surface area contributed by atoms with Crippen LogP contribution in [0.15, 0.2) is 46.9 Å². The molecule has 0 atom stereocenters. The summed E-state index contributed by atoms with van der Waals surface area (Å²) in [4.78, 5) is 0. The molecule has 0 amide bonds. The molecule has 2 aromatic rings. The van der Waals surface area contributed by atoms with E-state index >= 15 is 0 Å². The van der Waals surface area contributed by atoms with Gasteiger partial charge in [0.15, 0.2) is 0 Å². The van der Waals surface area contributed by atoms with Crippen LogP contribution in [0.3, 0.4) is 0 Å². The van der Waals surface area contributed by atoms with E-state index in [4.69, 9.17) is 21.1 Å². The highest BCUT2D eigenvalue weighted by Crippen LogP contribution is 2.27. The molecule has 1 N–H and O–H groups in total. The number of hydrogen-bond donors (Lipinski definition) is 1. The number of benzene rings is 2. The van der Waals surface area contributed by atoms with Gasteiger partial charge in [-0.1, -0.05) is 33.6 Å². The van der Waals surface area contributed by atoms with Crippen molar-refractivity contribution in [2.75, 3.05) is 25.6 Å². The van der Waals surface area contributed by atoms with Crippen molar-refractivity contribution < 1.29 is 9.47 Å². The first-order valence-electron chi connectivity index (χ1n) is 6.15. The summed E-state index contributed by atoms with van der Waals surface area (Å²) in [7, 11) is 1.60. The second kappa shape index (κ2) is 7.41. The van der Waals surface area contributed by atoms with Crippen LogP contribution >= 0.6 is 27.5 Å². The first-order valence-corrected chi connectivity index (χ1v) is 7.32. The van der Waals surface area contributed by atoms with E-state index in [1.807, 2.05) is 42.5 Å². The fourth-order valence-corrected chi connectivity index (χ4v) is 2.33. The average molecular weight is 357 g/mol. The third kappa shape index (κ3) is 4.32. The number of halogens is 2. The lowest BCUT2D eigenvalue weighted by atomic mass is 10.3. The van der Waals surface area contributed by atoms with E-state index in [2.05, 4.69) is 21.2 Å². The van der Waals surface area contributed by atoms with Gasteiger partial charge in [0.05, 0.1) is 12.1 Å². The number of ether oxygens (including phenoxy) is 2. The summed E-state index contributed by atoms with van der Waals surface area (Å²) in [6.07, 6.45) is 0. The molecule has 0 unspecified atom stereocenters. The van der Waals surface area contributed by atoms with Crippen LogP contribution < -0.4 is 14.8 Å². The quantitative estimate of drug-likeness (QED) is 0.767. The molecule has 2 aromatic carbocycles. The molecule has 0 heterocycles. The molecule has 0 spiro atoms. The molecule has 0 aliphatic heterocycles. The maximum atomic E-state index is 6.05. The Balaban J connectivity index is 1.80. The summed E-state index contributed by atoms with van der Waals surface area (Å²) in [5, 5.41) is 3.83. The minimum absolute atomic E-state index is 0.570. The first-order chi connectivity index (χ1) is 9.69. The first kappa shape index (κ1) is 15.0. The van der Waals surface area contributed by atoms with Crippen molar-refractivity contribution >= 4 is 33.2 Å². The predicted octanol–water partition coefficient (Wildman–Crippen LogP) is 4.60. The van der Waals surface area contributed by atoms with E-state index < -0.39 is 0 Å². The van der Waals surface area contributed by atoms with Gasteiger partial charge in [0.1, 0.15) is 18.1 Å². The molecule has 0 aromatic heterocycles. The van der Waals surface area contributed by atoms with Crippen LogP contribution in [0.2, 0.25) is 5.02 Å². The number of anilines is 1. The van der Waals surface area contributed by atoms with Crippen LogP contribution in [-0.2, 0) is 0 Å². The van der Waals surface area contributed by atoms with Gasteiger partial charge in [-0.05, 0) is 36.4 Å². The van der Waals surface area contributed by atoms with E-state index in [1.165, 1.54) is 0 Å². The zero-order chi connectivity index (χ0) is 14.4. The highest BCUT2D eigenvalue weighted by atomic mass is 79.9. The standard InChI is InChI=1S/C15H15BrClNO2/c1-19-15-6-5-12(10-14(15)17)18-7-8-20-13-4-2-3-11(16)9-13/h2-6,9-10,18H,7-8H2,1H3. The summed E-state index contributed by atoms with van der Waals surface area (Å²) in [5.74, 6) is 1.51. The summed E-state index contributed by atoms with van der Waals surface area (Å²) in [6, 6.07) is 13.4. The molecule has 3 nitrogen and oxygen atoms in total. The highest BCUT2D eigenvalue weighted by Gasteiger charge is 2.01. The Morgan fingerprint density at radius 1 is 1.20 bits per heavy atom. The Kier molecular flexibility index (Phi) is 5.56. The zero-order valence-electron chi connectivity index (χ0n) is 11.0. The van der Waals surface area contributed by atoms with Gasteiger partial charge >= 0.3 is 0 Å². The van der Waals surface area contributed by atoms with Gasteiger partial charge in [0.2, 0.25) is 0 Å². The number of methoxy groups -OCH3 is 1. The largest absolute Gasteiger partial charge is 0.495 e. The van der Waals surface area contributed by atoms with Gasteiger partial charge in [0, 0.05) is 16.7 Å². The number of nitrogens with one attached hydrogen (secondary N) is 1. The summed E-state index contributed by atoms with van der Waals surface area (Å²) < 4.78 is 11.7. The third-order valence-electron chi connectivity index (χ3n) is 2.65. The van der Waals surface area contributed by atoms with Crippen LogP contribution in [0.4, 0.5) is 5.69 Å². The van der Waals surface area contributed by atoms with E-state index in [0.29, 0.717) is 23.9 Å². The zero-order valence-corrected chi connectivity index (χ0v) is 13.4. The van der Waals surface area contributed by atoms with Crippen molar-refractivity contribution in [3.8, 4) is 11.5 Å². The molecule has 2 rings (SSSR count). The Labute approximate surface area is 132 Å². The van der Waals surface area contributed by atoms with Crippen LogP contribution in [0.5, 0.6) is 11.5 Å². The second-order valence-electron chi connectivity index (χ2n) is 4.08. The topological polar surface area (TPSA) is 30.5 Å². The molecule has 0 saturated heterocycles. The van der Waals surface area contributed by atoms with Gasteiger partial charge in [-0.3, -0.25) is 0 Å². The van der Waals surface area contributed by atoms with Crippen molar-refractivity contribution in [2.24, 2.45) is 0 Å². The predicted molar refractivity (Wildman–Crippen MR) is 86.1 cm³/mol. The summed E-state index contributed by atoms with van der Waals surface area (Å²) in [5.41, 5.74) is 0.939. The Hall–Kier alpha value is -1.39. The minimum atomic E-state index is 0.570. The minimum Gasteiger partial charge on any atom is -0.495 e. The monoisotopic (exact) mass is 355 g/mol. The Bertz CT molecular complexity index is 578. The SMILES string of the molecule is COc1ccc(NCCOc2cccc(Br)c2)cc1Cl. The van der Waals surface area contributed by atoms with Gasteiger partial charge < -0.3 is 14.8 Å². The van der Waals surface area contributed by atoms with Gasteiger partial charge in [-0.15, -0.1) is 0 Å². The lowest BCUT2D eigenvalue weighted by molar-refractivity contribution is 0.332. The van der Waals surface area contributed by atoms with Crippen LogP contribution in [-0.4, -0.2) is 20.3 Å². The van der Waals surface area contributed by atoms with Crippen molar-refractivity contribution in [2.45, 2.75) is 0 Å². The summed E-state index contributed by atoms with van der Waals surface area (Å²) >= 11 is 9.46. The maximum absolute atomic E-state index is 6.05. The molecule has 0 aliphatic rings. The van der Waals surface area contributed by atoms with Crippen molar-refractivity contribution in [1.29, 1.82) is 0 Å². The maximum Gasteiger partial charge on any atom is 0.137 e. The van der Waals surface area contributed by atoms with Gasteiger partial charge in [-0.25, -0.2) is 0 Å². The average Bonchev–Trinajstić information content (AvgIpc) is 2.44. The number of hydrogen-bond acceptors (Lipinski definition) is 3. The van der Waals surface area contributed by atoms with Gasteiger partial charge in [0.25, 0.3) is 0 Å². The molecule has 0 saturated carbocycles. The molecule has 0 aliphatic carbocycles. The van der Waals surface area contributed by atoms with E-state index in [0.717, 1.165) is 15.9 Å². The molecule has 0 fully saturated rings. The molecule has 106 valence electrons. The molecule has 0 bridgehead atoms. The van der Waals surface area contributed by atoms with Crippen molar-refractivity contribution in [3.05, 3.63) is 52.0 Å². The van der Waals surface area contributed by atoms with E-state index in [1.54, 1.807) is 7.11 Å². The Morgan fingerprint density at radius 2 is 2.05 bits per heavy atom. The molecule has 5 heteroatoms. The lowest BCUT2D eigenvalue weighted by Gasteiger charge is -2.10. The number of rotatable bonds is 6. The molecule has 20 heavy (non-hydrogen) atoms. The smallest absolute Gasteiger partial charge is 0.137 e. The fourth-order valence-electron chi connectivity index (χ4n) is 1.70. The fraction of sp³-hybridized carbons (Fsp3) is 0.200. The van der Waals surface area contributed by atoms with Crippen LogP contribution in [0.25, 0.3) is 0 Å². The lowest BCUT2D eigenvalue weighted by Crippen LogP contribution is -2.11.